The average Bonchev–Trinajstić information content (AvgIpc) is 2.97. The number of aromatic carboxylic acids is 1. The van der Waals surface area contributed by atoms with Crippen LogP contribution in [0, 0.1) is 0 Å². The van der Waals surface area contributed by atoms with Crippen LogP contribution in [0.15, 0.2) is 35.7 Å². The largest absolute Gasteiger partial charge is 0.478 e. The van der Waals surface area contributed by atoms with Gasteiger partial charge in [0.2, 0.25) is 0 Å². The predicted molar refractivity (Wildman–Crippen MR) is 71.0 cm³/mol. The number of aryl methyl sites for hydroxylation is 1. The lowest BCUT2D eigenvalue weighted by atomic mass is 10.2. The molecule has 0 spiro atoms. The van der Waals surface area contributed by atoms with E-state index in [1.165, 1.54) is 0 Å². The lowest BCUT2D eigenvalue weighted by Gasteiger charge is -1.99. The molecule has 0 unspecified atom stereocenters. The number of benzene rings is 1. The molecule has 1 aromatic carbocycles. The number of hydrogen-bond acceptors (Lipinski definition) is 3. The van der Waals surface area contributed by atoms with Crippen molar-refractivity contribution in [3.05, 3.63) is 41.3 Å². The van der Waals surface area contributed by atoms with Gasteiger partial charge in [-0.2, -0.15) is 0 Å². The molecule has 0 saturated heterocycles. The number of carbonyl (C=O) groups is 1. The minimum atomic E-state index is -0.930. The summed E-state index contributed by atoms with van der Waals surface area (Å²) in [4.78, 5) is 16.5. The number of thiophene rings is 1. The monoisotopic (exact) mass is 258 g/mol. The van der Waals surface area contributed by atoms with Gasteiger partial charge in [0.25, 0.3) is 0 Å². The first-order valence-electron chi connectivity index (χ1n) is 5.40. The molecule has 1 N–H and O–H groups in total. The van der Waals surface area contributed by atoms with Crippen LogP contribution >= 0.6 is 11.3 Å². The predicted octanol–water partition coefficient (Wildman–Crippen LogP) is 3.00. The molecule has 2 heterocycles. The molecule has 90 valence electrons. The molecule has 4 nitrogen and oxygen atoms in total. The zero-order valence-electron chi connectivity index (χ0n) is 9.62. The zero-order chi connectivity index (χ0) is 12.7. The summed E-state index contributed by atoms with van der Waals surface area (Å²) in [6.45, 7) is 0. The van der Waals surface area contributed by atoms with Crippen molar-refractivity contribution in [2.45, 2.75) is 0 Å². The summed E-state index contributed by atoms with van der Waals surface area (Å²) < 4.78 is 1.98. The van der Waals surface area contributed by atoms with Gasteiger partial charge >= 0.3 is 5.97 Å². The van der Waals surface area contributed by atoms with Crippen LogP contribution in [0.4, 0.5) is 0 Å². The summed E-state index contributed by atoms with van der Waals surface area (Å²) in [6.07, 6.45) is 0. The highest BCUT2D eigenvalue weighted by atomic mass is 32.1. The van der Waals surface area contributed by atoms with Gasteiger partial charge in [-0.05, 0) is 29.6 Å². The lowest BCUT2D eigenvalue weighted by molar-refractivity contribution is 0.0697. The highest BCUT2D eigenvalue weighted by Crippen LogP contribution is 2.27. The summed E-state index contributed by atoms with van der Waals surface area (Å²) in [5.41, 5.74) is 1.91. The maximum atomic E-state index is 10.9. The highest BCUT2D eigenvalue weighted by Gasteiger charge is 2.12. The van der Waals surface area contributed by atoms with Gasteiger partial charge in [0.1, 0.15) is 0 Å². The molecular formula is C13H10N2O2S. The number of carboxylic acid groups (broad SMARTS) is 1. The van der Waals surface area contributed by atoms with Crippen molar-refractivity contribution < 1.29 is 9.90 Å². The summed E-state index contributed by atoms with van der Waals surface area (Å²) in [5.74, 6) is -0.0669. The standard InChI is InChI=1S/C13H10N2O2S/c1-15-10-5-4-8(13(16)17)7-9(10)14-12(15)11-3-2-6-18-11/h2-7H,1H3,(H,16,17). The quantitative estimate of drug-likeness (QED) is 0.768. The Hall–Kier alpha value is -2.14. The van der Waals surface area contributed by atoms with Crippen LogP contribution in [-0.4, -0.2) is 20.6 Å². The molecule has 0 aliphatic carbocycles. The van der Waals surface area contributed by atoms with Crippen molar-refractivity contribution in [1.29, 1.82) is 0 Å². The van der Waals surface area contributed by atoms with Crippen LogP contribution in [0.25, 0.3) is 21.7 Å². The number of imidazole rings is 1. The Morgan fingerprint density at radius 1 is 1.39 bits per heavy atom. The molecule has 0 atom stereocenters. The molecular weight excluding hydrogens is 248 g/mol. The van der Waals surface area contributed by atoms with E-state index < -0.39 is 5.97 Å². The van der Waals surface area contributed by atoms with E-state index >= 15 is 0 Å². The summed E-state index contributed by atoms with van der Waals surface area (Å²) in [6, 6.07) is 8.98. The third-order valence-electron chi connectivity index (χ3n) is 2.87. The van der Waals surface area contributed by atoms with Gasteiger partial charge < -0.3 is 9.67 Å². The maximum Gasteiger partial charge on any atom is 0.335 e. The second-order valence-corrected chi connectivity index (χ2v) is 4.93. The Bertz CT molecular complexity index is 729. The molecule has 0 aliphatic rings. The van der Waals surface area contributed by atoms with Crippen LogP contribution in [0.5, 0.6) is 0 Å². The van der Waals surface area contributed by atoms with Crippen LogP contribution in [0.3, 0.4) is 0 Å². The fourth-order valence-electron chi connectivity index (χ4n) is 1.96. The molecule has 0 saturated carbocycles. The van der Waals surface area contributed by atoms with Crippen LogP contribution in [-0.2, 0) is 7.05 Å². The van der Waals surface area contributed by atoms with E-state index in [1.807, 2.05) is 29.1 Å². The van der Waals surface area contributed by atoms with E-state index in [0.717, 1.165) is 16.2 Å². The number of rotatable bonds is 2. The van der Waals surface area contributed by atoms with Gasteiger partial charge in [-0.15, -0.1) is 11.3 Å². The van der Waals surface area contributed by atoms with Gasteiger partial charge in [0.05, 0.1) is 21.5 Å². The third-order valence-corrected chi connectivity index (χ3v) is 3.74. The van der Waals surface area contributed by atoms with Crippen LogP contribution < -0.4 is 0 Å². The smallest absolute Gasteiger partial charge is 0.335 e. The lowest BCUT2D eigenvalue weighted by Crippen LogP contribution is -1.95. The number of hydrogen-bond donors (Lipinski definition) is 1. The summed E-state index contributed by atoms with van der Waals surface area (Å²) in [7, 11) is 1.94. The minimum Gasteiger partial charge on any atom is -0.478 e. The molecule has 2 aromatic heterocycles. The fraction of sp³-hybridized carbons (Fsp3) is 0.0769. The van der Waals surface area contributed by atoms with E-state index in [4.69, 9.17) is 5.11 Å². The number of nitrogens with zero attached hydrogens (tertiary/aromatic N) is 2. The Morgan fingerprint density at radius 3 is 2.89 bits per heavy atom. The van der Waals surface area contributed by atoms with E-state index in [-0.39, 0.29) is 5.56 Å². The molecule has 18 heavy (non-hydrogen) atoms. The molecule has 0 radical (unpaired) electrons. The molecule has 0 bridgehead atoms. The van der Waals surface area contributed by atoms with Crippen molar-refractivity contribution in [2.75, 3.05) is 0 Å². The van der Waals surface area contributed by atoms with Crippen molar-refractivity contribution in [1.82, 2.24) is 9.55 Å². The molecule has 0 aliphatic heterocycles. The second kappa shape index (κ2) is 3.96. The van der Waals surface area contributed by atoms with Gasteiger partial charge in [0.15, 0.2) is 5.82 Å². The zero-order valence-corrected chi connectivity index (χ0v) is 10.4. The molecule has 0 fully saturated rings. The third kappa shape index (κ3) is 1.60. The highest BCUT2D eigenvalue weighted by molar-refractivity contribution is 7.13. The van der Waals surface area contributed by atoms with Crippen LogP contribution in [0.1, 0.15) is 10.4 Å². The van der Waals surface area contributed by atoms with Gasteiger partial charge in [0, 0.05) is 7.05 Å². The fourth-order valence-corrected chi connectivity index (χ4v) is 2.71. The number of aromatic nitrogens is 2. The molecule has 5 heteroatoms. The summed E-state index contributed by atoms with van der Waals surface area (Å²) in [5, 5.41) is 11.0. The average molecular weight is 258 g/mol. The van der Waals surface area contributed by atoms with Crippen LogP contribution in [0.2, 0.25) is 0 Å². The number of carboxylic acids is 1. The van der Waals surface area contributed by atoms with Crippen molar-refractivity contribution in [3.63, 3.8) is 0 Å². The van der Waals surface area contributed by atoms with Gasteiger partial charge in [-0.25, -0.2) is 9.78 Å². The first kappa shape index (κ1) is 11.0. The van der Waals surface area contributed by atoms with Gasteiger partial charge in [-0.3, -0.25) is 0 Å². The minimum absolute atomic E-state index is 0.262. The van der Waals surface area contributed by atoms with Gasteiger partial charge in [-0.1, -0.05) is 6.07 Å². The molecule has 0 amide bonds. The van der Waals surface area contributed by atoms with Crippen molar-refractivity contribution in [3.8, 4) is 10.7 Å². The first-order chi connectivity index (χ1) is 8.66. The Labute approximate surface area is 107 Å². The van der Waals surface area contributed by atoms with E-state index in [0.29, 0.717) is 5.52 Å². The van der Waals surface area contributed by atoms with E-state index in [1.54, 1.807) is 29.5 Å². The SMILES string of the molecule is Cn1c(-c2cccs2)nc2cc(C(=O)O)ccc21. The van der Waals surface area contributed by atoms with E-state index in [2.05, 4.69) is 4.98 Å². The maximum absolute atomic E-state index is 10.9. The normalized spacial score (nSPS) is 10.9. The molecule has 3 aromatic rings. The van der Waals surface area contributed by atoms with Crippen molar-refractivity contribution in [2.24, 2.45) is 7.05 Å². The topological polar surface area (TPSA) is 55.1 Å². The molecule has 3 rings (SSSR count). The Kier molecular flexibility index (Phi) is 2.41. The Morgan fingerprint density at radius 2 is 2.22 bits per heavy atom. The summed E-state index contributed by atoms with van der Waals surface area (Å²) >= 11 is 1.62. The Balaban J connectivity index is 2.25. The number of fused-ring (bicyclic) bond motifs is 1. The first-order valence-corrected chi connectivity index (χ1v) is 6.28. The second-order valence-electron chi connectivity index (χ2n) is 3.98. The van der Waals surface area contributed by atoms with Crippen molar-refractivity contribution >= 4 is 28.3 Å². The van der Waals surface area contributed by atoms with E-state index in [9.17, 15) is 4.79 Å².